The first-order chi connectivity index (χ1) is 7.76. The lowest BCUT2D eigenvalue weighted by Crippen LogP contribution is -2.39. The van der Waals surface area contributed by atoms with E-state index < -0.39 is 0 Å². The Balaban J connectivity index is 2.12. The average Bonchev–Trinajstić information content (AvgIpc) is 2.96. The molecule has 0 saturated carbocycles. The lowest BCUT2D eigenvalue weighted by molar-refractivity contribution is 0.0703. The minimum absolute atomic E-state index is 0.0340. The van der Waals surface area contributed by atoms with Gasteiger partial charge in [-0.1, -0.05) is 11.8 Å². The number of thioether (sulfide) groups is 1. The molecule has 1 fully saturated rings. The van der Waals surface area contributed by atoms with Crippen molar-refractivity contribution in [3.8, 4) is 0 Å². The van der Waals surface area contributed by atoms with Crippen LogP contribution in [0.4, 0.5) is 0 Å². The lowest BCUT2D eigenvalue weighted by Gasteiger charge is -2.22. The van der Waals surface area contributed by atoms with Crippen molar-refractivity contribution >= 4 is 17.7 Å². The van der Waals surface area contributed by atoms with Crippen molar-refractivity contribution in [3.63, 3.8) is 0 Å². The molecule has 1 amide bonds. The Bertz CT molecular complexity index is 378. The molecular formula is C11H16N2O2S. The number of carbonyl (C=O) groups is 1. The van der Waals surface area contributed by atoms with Crippen LogP contribution in [0.2, 0.25) is 0 Å². The van der Waals surface area contributed by atoms with E-state index in [1.165, 1.54) is 11.8 Å². The van der Waals surface area contributed by atoms with Gasteiger partial charge < -0.3 is 15.1 Å². The Kier molecular flexibility index (Phi) is 3.56. The zero-order chi connectivity index (χ0) is 11.5. The summed E-state index contributed by atoms with van der Waals surface area (Å²) in [6, 6.07) is 3.74. The highest BCUT2D eigenvalue weighted by atomic mass is 32.2. The summed E-state index contributed by atoms with van der Waals surface area (Å²) in [6.07, 6.45) is 3.95. The van der Waals surface area contributed by atoms with Gasteiger partial charge in [-0.2, -0.15) is 0 Å². The molecule has 2 heterocycles. The van der Waals surface area contributed by atoms with Gasteiger partial charge in [-0.15, -0.1) is 0 Å². The number of amides is 1. The average molecular weight is 240 g/mol. The molecule has 2 N–H and O–H groups in total. The second-order valence-corrected chi connectivity index (χ2v) is 4.66. The molecule has 4 nitrogen and oxygen atoms in total. The first-order valence-electron chi connectivity index (χ1n) is 5.41. The van der Waals surface area contributed by atoms with Gasteiger partial charge in [-0.05, 0) is 31.2 Å². The van der Waals surface area contributed by atoms with E-state index in [0.717, 1.165) is 24.5 Å². The number of hydrogen-bond donors (Lipinski definition) is 1. The molecule has 0 aliphatic carbocycles. The first kappa shape index (κ1) is 11.5. The van der Waals surface area contributed by atoms with Crippen LogP contribution >= 0.6 is 11.8 Å². The minimum atomic E-state index is -0.0340. The molecule has 0 radical (unpaired) electrons. The van der Waals surface area contributed by atoms with Crippen molar-refractivity contribution in [2.45, 2.75) is 24.0 Å². The number of furan rings is 1. The molecule has 5 heteroatoms. The van der Waals surface area contributed by atoms with Gasteiger partial charge in [-0.25, -0.2) is 0 Å². The number of hydrogen-bond acceptors (Lipinski definition) is 4. The largest absolute Gasteiger partial charge is 0.445 e. The van der Waals surface area contributed by atoms with Crippen LogP contribution in [-0.2, 0) is 0 Å². The van der Waals surface area contributed by atoms with Crippen LogP contribution in [0, 0.1) is 0 Å². The third-order valence-corrected chi connectivity index (χ3v) is 3.53. The molecule has 0 spiro atoms. The van der Waals surface area contributed by atoms with E-state index in [4.69, 9.17) is 10.2 Å². The molecule has 1 saturated heterocycles. The highest BCUT2D eigenvalue weighted by molar-refractivity contribution is 7.98. The lowest BCUT2D eigenvalue weighted by atomic mass is 10.2. The molecular weight excluding hydrogens is 224 g/mol. The summed E-state index contributed by atoms with van der Waals surface area (Å²) in [4.78, 5) is 13.9. The van der Waals surface area contributed by atoms with Gasteiger partial charge in [-0.3, -0.25) is 4.79 Å². The van der Waals surface area contributed by atoms with E-state index in [1.807, 2.05) is 17.2 Å². The summed E-state index contributed by atoms with van der Waals surface area (Å²) in [5, 5.41) is 0.770. The smallest absolute Gasteiger partial charge is 0.289 e. The zero-order valence-corrected chi connectivity index (χ0v) is 10.1. The summed E-state index contributed by atoms with van der Waals surface area (Å²) in [5.41, 5.74) is 5.64. The maximum Gasteiger partial charge on any atom is 0.289 e. The van der Waals surface area contributed by atoms with Crippen molar-refractivity contribution < 1.29 is 9.21 Å². The first-order valence-corrected chi connectivity index (χ1v) is 6.63. The third-order valence-electron chi connectivity index (χ3n) is 2.90. The fraction of sp³-hybridized carbons (Fsp3) is 0.545. The second-order valence-electron chi connectivity index (χ2n) is 3.85. The molecule has 2 rings (SSSR count). The normalized spacial score (nSPS) is 20.4. The highest BCUT2D eigenvalue weighted by Crippen LogP contribution is 2.23. The maximum atomic E-state index is 12.1. The monoisotopic (exact) mass is 240 g/mol. The standard InChI is InChI=1S/C11H16N2O2S/c1-16-10-5-4-9(15-10)11(14)13-6-2-3-8(13)7-12/h4-5,8H,2-3,6-7,12H2,1H3. The molecule has 16 heavy (non-hydrogen) atoms. The van der Waals surface area contributed by atoms with Gasteiger partial charge in [0, 0.05) is 19.1 Å². The predicted molar refractivity (Wildman–Crippen MR) is 63.6 cm³/mol. The van der Waals surface area contributed by atoms with Gasteiger partial charge in [0.1, 0.15) is 0 Å². The van der Waals surface area contributed by atoms with Crippen LogP contribution in [0.25, 0.3) is 0 Å². The van der Waals surface area contributed by atoms with Crippen LogP contribution in [0.5, 0.6) is 0 Å². The Morgan fingerprint density at radius 2 is 2.50 bits per heavy atom. The highest BCUT2D eigenvalue weighted by Gasteiger charge is 2.29. The Labute approximate surface area is 99.2 Å². The van der Waals surface area contributed by atoms with Gasteiger partial charge in [0.25, 0.3) is 5.91 Å². The topological polar surface area (TPSA) is 59.5 Å². The van der Waals surface area contributed by atoms with Gasteiger partial charge >= 0.3 is 0 Å². The summed E-state index contributed by atoms with van der Waals surface area (Å²) < 4.78 is 5.43. The predicted octanol–water partition coefficient (Wildman–Crippen LogP) is 1.56. The molecule has 1 aliphatic heterocycles. The Morgan fingerprint density at radius 1 is 1.69 bits per heavy atom. The van der Waals surface area contributed by atoms with Gasteiger partial charge in [0.2, 0.25) is 0 Å². The summed E-state index contributed by atoms with van der Waals surface area (Å²) in [6.45, 7) is 1.32. The van der Waals surface area contributed by atoms with E-state index in [0.29, 0.717) is 12.3 Å². The van der Waals surface area contributed by atoms with E-state index in [1.54, 1.807) is 6.07 Å². The Morgan fingerprint density at radius 3 is 3.12 bits per heavy atom. The van der Waals surface area contributed by atoms with Crippen LogP contribution in [0.15, 0.2) is 21.6 Å². The summed E-state index contributed by atoms with van der Waals surface area (Å²) in [7, 11) is 0. The quantitative estimate of drug-likeness (QED) is 0.815. The van der Waals surface area contributed by atoms with E-state index >= 15 is 0 Å². The van der Waals surface area contributed by atoms with Crippen molar-refractivity contribution in [2.24, 2.45) is 5.73 Å². The molecule has 1 unspecified atom stereocenters. The van der Waals surface area contributed by atoms with Crippen molar-refractivity contribution in [1.82, 2.24) is 4.90 Å². The molecule has 1 aliphatic rings. The van der Waals surface area contributed by atoms with E-state index in [9.17, 15) is 4.79 Å². The molecule has 0 aromatic carbocycles. The summed E-state index contributed by atoms with van der Waals surface area (Å²) >= 11 is 1.49. The fourth-order valence-corrected chi connectivity index (χ4v) is 2.41. The molecule has 1 atom stereocenters. The van der Waals surface area contributed by atoms with E-state index in [2.05, 4.69) is 0 Å². The Hall–Kier alpha value is -0.940. The minimum Gasteiger partial charge on any atom is -0.445 e. The molecule has 1 aromatic rings. The fourth-order valence-electron chi connectivity index (χ4n) is 2.03. The van der Waals surface area contributed by atoms with Crippen molar-refractivity contribution in [2.75, 3.05) is 19.3 Å². The van der Waals surface area contributed by atoms with E-state index in [-0.39, 0.29) is 11.9 Å². The van der Waals surface area contributed by atoms with Crippen LogP contribution in [0.3, 0.4) is 0 Å². The number of likely N-dealkylation sites (tertiary alicyclic amines) is 1. The molecule has 0 bridgehead atoms. The SMILES string of the molecule is CSc1ccc(C(=O)N2CCCC2CN)o1. The van der Waals surface area contributed by atoms with Crippen LogP contribution in [0.1, 0.15) is 23.4 Å². The number of nitrogens with two attached hydrogens (primary N) is 1. The maximum absolute atomic E-state index is 12.1. The number of rotatable bonds is 3. The van der Waals surface area contributed by atoms with Crippen LogP contribution in [-0.4, -0.2) is 36.2 Å². The zero-order valence-electron chi connectivity index (χ0n) is 9.31. The van der Waals surface area contributed by atoms with Gasteiger partial charge in [0.15, 0.2) is 10.9 Å². The second kappa shape index (κ2) is 4.93. The number of carbonyl (C=O) groups excluding carboxylic acids is 1. The third kappa shape index (κ3) is 2.10. The number of nitrogens with zero attached hydrogens (tertiary/aromatic N) is 1. The van der Waals surface area contributed by atoms with Crippen LogP contribution < -0.4 is 5.73 Å². The molecule has 1 aromatic heterocycles. The van der Waals surface area contributed by atoms with Crippen molar-refractivity contribution in [3.05, 3.63) is 17.9 Å². The van der Waals surface area contributed by atoms with Gasteiger partial charge in [0.05, 0.1) is 0 Å². The van der Waals surface area contributed by atoms with Crippen molar-refractivity contribution in [1.29, 1.82) is 0 Å². The molecule has 88 valence electrons. The summed E-state index contributed by atoms with van der Waals surface area (Å²) in [5.74, 6) is 0.387.